The van der Waals surface area contributed by atoms with Crippen LogP contribution >= 0.6 is 11.6 Å². The van der Waals surface area contributed by atoms with Crippen LogP contribution in [0.4, 0.5) is 11.4 Å². The molecule has 1 saturated heterocycles. The molecule has 1 aliphatic heterocycles. The molecule has 1 heterocycles. The van der Waals surface area contributed by atoms with Gasteiger partial charge in [-0.05, 0) is 80.1 Å². The van der Waals surface area contributed by atoms with Gasteiger partial charge in [-0.25, -0.2) is 0 Å². The quantitative estimate of drug-likeness (QED) is 0.604. The van der Waals surface area contributed by atoms with Gasteiger partial charge in [-0.3, -0.25) is 0 Å². The maximum absolute atomic E-state index is 11.0. The van der Waals surface area contributed by atoms with Crippen molar-refractivity contribution in [3.8, 4) is 0 Å². The van der Waals surface area contributed by atoms with Crippen LogP contribution in [0.1, 0.15) is 38.2 Å². The molecular formula is C23H32ClN3O. The van der Waals surface area contributed by atoms with E-state index in [2.05, 4.69) is 41.4 Å². The first-order valence-corrected chi connectivity index (χ1v) is 10.7. The predicted octanol–water partition coefficient (Wildman–Crippen LogP) is 4.61. The summed E-state index contributed by atoms with van der Waals surface area (Å²) >= 11 is 5.97. The number of piperidine rings is 1. The second kappa shape index (κ2) is 9.64. The molecule has 4 nitrogen and oxygen atoms in total. The van der Waals surface area contributed by atoms with Gasteiger partial charge in [0.25, 0.3) is 0 Å². The van der Waals surface area contributed by atoms with Crippen LogP contribution in [0.25, 0.3) is 0 Å². The Morgan fingerprint density at radius 3 is 2.32 bits per heavy atom. The minimum absolute atomic E-state index is 0.657. The number of rotatable bonds is 8. The molecule has 2 aromatic carbocycles. The Balaban J connectivity index is 1.51. The van der Waals surface area contributed by atoms with Crippen LogP contribution in [0.15, 0.2) is 48.5 Å². The largest absolute Gasteiger partial charge is 0.385 e. The van der Waals surface area contributed by atoms with Crippen molar-refractivity contribution in [3.63, 3.8) is 0 Å². The highest BCUT2D eigenvalue weighted by Crippen LogP contribution is 2.35. The van der Waals surface area contributed by atoms with Crippen molar-refractivity contribution >= 4 is 23.0 Å². The Bertz CT molecular complexity index is 725. The van der Waals surface area contributed by atoms with Crippen molar-refractivity contribution in [2.45, 2.75) is 38.2 Å². The van der Waals surface area contributed by atoms with E-state index in [1.165, 1.54) is 5.69 Å². The monoisotopic (exact) mass is 401 g/mol. The Kier molecular flexibility index (Phi) is 7.22. The first-order chi connectivity index (χ1) is 13.5. The molecule has 0 saturated carbocycles. The highest BCUT2D eigenvalue weighted by Gasteiger charge is 2.33. The fourth-order valence-corrected chi connectivity index (χ4v) is 3.99. The molecule has 1 fully saturated rings. The third kappa shape index (κ3) is 5.40. The average Bonchev–Trinajstić information content (AvgIpc) is 2.70. The van der Waals surface area contributed by atoms with E-state index in [-0.39, 0.29) is 0 Å². The van der Waals surface area contributed by atoms with Crippen molar-refractivity contribution in [1.82, 2.24) is 0 Å². The van der Waals surface area contributed by atoms with Crippen LogP contribution in [-0.4, -0.2) is 31.3 Å². The highest BCUT2D eigenvalue weighted by atomic mass is 35.5. The second-order valence-electron chi connectivity index (χ2n) is 7.97. The second-order valence-corrected chi connectivity index (χ2v) is 8.41. The Morgan fingerprint density at radius 2 is 1.71 bits per heavy atom. The molecule has 28 heavy (non-hydrogen) atoms. The van der Waals surface area contributed by atoms with Gasteiger partial charge in [-0.15, -0.1) is 0 Å². The van der Waals surface area contributed by atoms with Gasteiger partial charge in [0.05, 0.1) is 5.60 Å². The van der Waals surface area contributed by atoms with E-state index in [1.54, 1.807) is 0 Å². The summed E-state index contributed by atoms with van der Waals surface area (Å²) in [7, 11) is 0. The average molecular weight is 402 g/mol. The van der Waals surface area contributed by atoms with Gasteiger partial charge in [0.1, 0.15) is 0 Å². The van der Waals surface area contributed by atoms with E-state index in [9.17, 15) is 5.11 Å². The summed E-state index contributed by atoms with van der Waals surface area (Å²) in [6.07, 6.45) is 3.65. The van der Waals surface area contributed by atoms with Crippen LogP contribution in [0.2, 0.25) is 5.02 Å². The highest BCUT2D eigenvalue weighted by molar-refractivity contribution is 6.30. The zero-order valence-electron chi connectivity index (χ0n) is 16.7. The molecule has 3 rings (SSSR count). The van der Waals surface area contributed by atoms with Crippen LogP contribution < -0.4 is 16.0 Å². The first-order valence-electron chi connectivity index (χ1n) is 10.3. The summed E-state index contributed by atoms with van der Waals surface area (Å²) < 4.78 is 0. The summed E-state index contributed by atoms with van der Waals surface area (Å²) in [6.45, 7) is 5.65. The standard InChI is InChI=1S/C23H32ClN3O/c1-18(10-14-25)11-15-26-21-6-8-22(9-7-21)27-16-12-23(28,13-17-27)19-2-4-20(24)5-3-19/h2-9,18,26,28H,10-17,25H2,1H3. The van der Waals surface area contributed by atoms with E-state index >= 15 is 0 Å². The number of hydrogen-bond donors (Lipinski definition) is 3. The van der Waals surface area contributed by atoms with Gasteiger partial charge < -0.3 is 21.1 Å². The molecule has 1 atom stereocenters. The SMILES string of the molecule is CC(CCN)CCNc1ccc(N2CCC(O)(c3ccc(Cl)cc3)CC2)cc1. The molecule has 0 bridgehead atoms. The molecule has 0 amide bonds. The fraction of sp³-hybridized carbons (Fsp3) is 0.478. The Morgan fingerprint density at radius 1 is 1.07 bits per heavy atom. The fourth-order valence-electron chi connectivity index (χ4n) is 3.87. The van der Waals surface area contributed by atoms with Gasteiger partial charge >= 0.3 is 0 Å². The van der Waals surface area contributed by atoms with Gasteiger partial charge in [0.15, 0.2) is 0 Å². The topological polar surface area (TPSA) is 61.5 Å². The van der Waals surface area contributed by atoms with E-state index in [0.717, 1.165) is 50.3 Å². The van der Waals surface area contributed by atoms with Crippen LogP contribution in [0.3, 0.4) is 0 Å². The molecule has 2 aromatic rings. The van der Waals surface area contributed by atoms with E-state index < -0.39 is 5.60 Å². The lowest BCUT2D eigenvalue weighted by Gasteiger charge is -2.39. The van der Waals surface area contributed by atoms with Crippen molar-refractivity contribution in [1.29, 1.82) is 0 Å². The lowest BCUT2D eigenvalue weighted by Crippen LogP contribution is -2.42. The van der Waals surface area contributed by atoms with Crippen molar-refractivity contribution in [3.05, 3.63) is 59.1 Å². The number of aliphatic hydroxyl groups is 1. The zero-order valence-corrected chi connectivity index (χ0v) is 17.5. The van der Waals surface area contributed by atoms with Crippen LogP contribution in [-0.2, 0) is 5.60 Å². The molecular weight excluding hydrogens is 370 g/mol. The van der Waals surface area contributed by atoms with E-state index in [1.807, 2.05) is 24.3 Å². The molecule has 0 spiro atoms. The maximum atomic E-state index is 11.0. The number of benzene rings is 2. The Hall–Kier alpha value is -1.75. The third-order valence-electron chi connectivity index (χ3n) is 5.83. The first kappa shape index (κ1) is 21.0. The molecule has 0 aromatic heterocycles. The predicted molar refractivity (Wildman–Crippen MR) is 119 cm³/mol. The normalized spacial score (nSPS) is 17.4. The molecule has 5 heteroatoms. The van der Waals surface area contributed by atoms with Gasteiger partial charge in [-0.2, -0.15) is 0 Å². The summed E-state index contributed by atoms with van der Waals surface area (Å²) in [6, 6.07) is 16.2. The number of nitrogens with one attached hydrogen (secondary N) is 1. The summed E-state index contributed by atoms with van der Waals surface area (Å²) in [5, 5.41) is 15.2. The molecule has 4 N–H and O–H groups in total. The minimum Gasteiger partial charge on any atom is -0.385 e. The molecule has 0 aliphatic carbocycles. The number of anilines is 2. The lowest BCUT2D eigenvalue weighted by molar-refractivity contribution is 0.0118. The zero-order chi connectivity index (χ0) is 20.0. The molecule has 152 valence electrons. The summed E-state index contributed by atoms with van der Waals surface area (Å²) in [4.78, 5) is 2.34. The minimum atomic E-state index is -0.761. The number of halogens is 1. The summed E-state index contributed by atoms with van der Waals surface area (Å²) in [5.41, 5.74) is 8.17. The van der Waals surface area contributed by atoms with Crippen molar-refractivity contribution in [2.24, 2.45) is 11.7 Å². The molecule has 1 unspecified atom stereocenters. The van der Waals surface area contributed by atoms with Crippen molar-refractivity contribution < 1.29 is 5.11 Å². The van der Waals surface area contributed by atoms with E-state index in [4.69, 9.17) is 17.3 Å². The van der Waals surface area contributed by atoms with Crippen LogP contribution in [0, 0.1) is 5.92 Å². The van der Waals surface area contributed by atoms with Gasteiger partial charge in [-0.1, -0.05) is 30.7 Å². The molecule has 1 aliphatic rings. The number of nitrogens with zero attached hydrogens (tertiary/aromatic N) is 1. The van der Waals surface area contributed by atoms with Crippen molar-refractivity contribution in [2.75, 3.05) is 36.4 Å². The Labute approximate surface area is 173 Å². The maximum Gasteiger partial charge on any atom is 0.0930 e. The van der Waals surface area contributed by atoms with Gasteiger partial charge in [0.2, 0.25) is 0 Å². The number of nitrogens with two attached hydrogens (primary N) is 1. The van der Waals surface area contributed by atoms with Crippen LogP contribution in [0.5, 0.6) is 0 Å². The summed E-state index contributed by atoms with van der Waals surface area (Å²) in [5.74, 6) is 0.657. The van der Waals surface area contributed by atoms with Gasteiger partial charge in [0, 0.05) is 36.0 Å². The smallest absolute Gasteiger partial charge is 0.0930 e. The number of hydrogen-bond acceptors (Lipinski definition) is 4. The lowest BCUT2D eigenvalue weighted by atomic mass is 9.84. The van der Waals surface area contributed by atoms with E-state index in [0.29, 0.717) is 23.8 Å². The third-order valence-corrected chi connectivity index (χ3v) is 6.08. The molecule has 0 radical (unpaired) electrons.